The average molecular weight is 283 g/mol. The summed E-state index contributed by atoms with van der Waals surface area (Å²) in [6.45, 7) is 0. The summed E-state index contributed by atoms with van der Waals surface area (Å²) >= 11 is 0. The zero-order valence-electron chi connectivity index (χ0n) is 10.8. The van der Waals surface area contributed by atoms with E-state index in [9.17, 15) is 14.0 Å². The topological polar surface area (TPSA) is 82.8 Å². The van der Waals surface area contributed by atoms with Crippen LogP contribution < -0.4 is 5.32 Å². The van der Waals surface area contributed by atoms with Crippen LogP contribution in [-0.4, -0.2) is 16.7 Å². The van der Waals surface area contributed by atoms with Crippen molar-refractivity contribution in [1.29, 1.82) is 5.26 Å². The van der Waals surface area contributed by atoms with Gasteiger partial charge in [0.25, 0.3) is 5.91 Å². The predicted octanol–water partition coefficient (Wildman–Crippen LogP) is 2.18. The quantitative estimate of drug-likeness (QED) is 0.688. The maximum absolute atomic E-state index is 12.8. The number of nitriles is 1. The largest absolute Gasteiger partial charge is 0.309 e. The molecule has 2 rings (SSSR count). The van der Waals surface area contributed by atoms with Gasteiger partial charge >= 0.3 is 0 Å². The molecule has 0 aliphatic carbocycles. The summed E-state index contributed by atoms with van der Waals surface area (Å²) in [6.07, 6.45) is 1.47. The average Bonchev–Trinajstić information content (AvgIpc) is 2.49. The molecule has 0 radical (unpaired) electrons. The van der Waals surface area contributed by atoms with Crippen LogP contribution >= 0.6 is 0 Å². The maximum atomic E-state index is 12.8. The van der Waals surface area contributed by atoms with Gasteiger partial charge in [-0.25, -0.2) is 9.37 Å². The second-order valence-corrected chi connectivity index (χ2v) is 4.14. The molecule has 0 fully saturated rings. The summed E-state index contributed by atoms with van der Waals surface area (Å²) in [7, 11) is 0. The Labute approximate surface area is 120 Å². The Hall–Kier alpha value is -3.07. The van der Waals surface area contributed by atoms with Gasteiger partial charge in [-0.2, -0.15) is 5.26 Å². The number of Topliss-reactive ketones (excluding diaryl/α,β-unsaturated/α-hetero) is 1. The van der Waals surface area contributed by atoms with Crippen molar-refractivity contribution in [1.82, 2.24) is 4.98 Å². The molecule has 1 amide bonds. The molecule has 21 heavy (non-hydrogen) atoms. The van der Waals surface area contributed by atoms with Crippen LogP contribution in [0.3, 0.4) is 0 Å². The van der Waals surface area contributed by atoms with Crippen LogP contribution in [0.4, 0.5) is 10.2 Å². The Morgan fingerprint density at radius 3 is 2.48 bits per heavy atom. The van der Waals surface area contributed by atoms with Crippen molar-refractivity contribution in [3.63, 3.8) is 0 Å². The molecule has 5 nitrogen and oxygen atoms in total. The van der Waals surface area contributed by atoms with Crippen molar-refractivity contribution in [2.75, 3.05) is 5.32 Å². The number of anilines is 1. The number of benzene rings is 1. The number of hydrogen-bond acceptors (Lipinski definition) is 4. The standard InChI is InChI=1S/C15H10FN3O2/c16-11-6-4-10(5-7-11)14(20)12(9-17)15(21)19-13-3-1-2-8-18-13/h1-8,12H,(H,18,19,21)/t12-/m0/s1. The number of amides is 1. The number of nitrogens with one attached hydrogen (secondary N) is 1. The first-order valence-electron chi connectivity index (χ1n) is 6.03. The summed E-state index contributed by atoms with van der Waals surface area (Å²) in [6, 6.07) is 11.2. The first-order valence-corrected chi connectivity index (χ1v) is 6.03. The molecule has 1 atom stereocenters. The van der Waals surface area contributed by atoms with E-state index in [0.717, 1.165) is 12.1 Å². The van der Waals surface area contributed by atoms with Crippen LogP contribution in [0, 0.1) is 23.1 Å². The van der Waals surface area contributed by atoms with Crippen LogP contribution in [0.1, 0.15) is 10.4 Å². The van der Waals surface area contributed by atoms with E-state index in [1.165, 1.54) is 24.4 Å². The van der Waals surface area contributed by atoms with E-state index in [1.54, 1.807) is 18.2 Å². The lowest BCUT2D eigenvalue weighted by atomic mass is 9.98. The van der Waals surface area contributed by atoms with Crippen LogP contribution in [0.5, 0.6) is 0 Å². The number of hydrogen-bond donors (Lipinski definition) is 1. The molecule has 0 aliphatic rings. The second kappa shape index (κ2) is 6.39. The van der Waals surface area contributed by atoms with Crippen molar-refractivity contribution in [3.8, 4) is 6.07 Å². The zero-order valence-corrected chi connectivity index (χ0v) is 10.8. The number of carbonyl (C=O) groups excluding carboxylic acids is 2. The highest BCUT2D eigenvalue weighted by molar-refractivity contribution is 6.15. The molecule has 0 unspecified atom stereocenters. The summed E-state index contributed by atoms with van der Waals surface area (Å²) in [5, 5.41) is 11.4. The molecule has 0 aliphatic heterocycles. The molecule has 0 bridgehead atoms. The molecule has 0 saturated heterocycles. The molecule has 104 valence electrons. The van der Waals surface area contributed by atoms with Gasteiger partial charge in [-0.3, -0.25) is 9.59 Å². The van der Waals surface area contributed by atoms with Crippen LogP contribution in [0.25, 0.3) is 0 Å². The fourth-order valence-electron chi connectivity index (χ4n) is 1.65. The lowest BCUT2D eigenvalue weighted by Crippen LogP contribution is -2.29. The van der Waals surface area contributed by atoms with Gasteiger partial charge in [0.15, 0.2) is 11.7 Å². The molecular weight excluding hydrogens is 273 g/mol. The van der Waals surface area contributed by atoms with E-state index in [-0.39, 0.29) is 11.4 Å². The summed E-state index contributed by atoms with van der Waals surface area (Å²) in [4.78, 5) is 27.9. The molecule has 1 aromatic heterocycles. The predicted molar refractivity (Wildman–Crippen MR) is 72.7 cm³/mol. The third-order valence-electron chi connectivity index (χ3n) is 2.70. The van der Waals surface area contributed by atoms with Gasteiger partial charge in [0.1, 0.15) is 11.6 Å². The molecule has 0 saturated carbocycles. The summed E-state index contributed by atoms with van der Waals surface area (Å²) < 4.78 is 12.8. The molecule has 1 aromatic carbocycles. The van der Waals surface area contributed by atoms with Crippen molar-refractivity contribution >= 4 is 17.5 Å². The Bertz CT molecular complexity index is 693. The number of ketones is 1. The highest BCUT2D eigenvalue weighted by Crippen LogP contribution is 2.12. The van der Waals surface area contributed by atoms with Crippen LogP contribution in [-0.2, 0) is 4.79 Å². The Balaban J connectivity index is 2.15. The minimum Gasteiger partial charge on any atom is -0.309 e. The first kappa shape index (κ1) is 14.3. The lowest BCUT2D eigenvalue weighted by Gasteiger charge is -2.09. The SMILES string of the molecule is N#C[C@H](C(=O)Nc1ccccn1)C(=O)c1ccc(F)cc1. The van der Waals surface area contributed by atoms with Gasteiger partial charge in [0, 0.05) is 11.8 Å². The monoisotopic (exact) mass is 283 g/mol. The van der Waals surface area contributed by atoms with Gasteiger partial charge in [-0.15, -0.1) is 0 Å². The van der Waals surface area contributed by atoms with Crippen molar-refractivity contribution in [2.24, 2.45) is 5.92 Å². The van der Waals surface area contributed by atoms with Gasteiger partial charge in [0.2, 0.25) is 0 Å². The van der Waals surface area contributed by atoms with E-state index >= 15 is 0 Å². The Morgan fingerprint density at radius 2 is 1.90 bits per heavy atom. The number of nitrogens with zero attached hydrogens (tertiary/aromatic N) is 2. The molecule has 1 N–H and O–H groups in total. The molecule has 2 aromatic rings. The zero-order chi connectivity index (χ0) is 15.2. The summed E-state index contributed by atoms with van der Waals surface area (Å²) in [5.74, 6) is -3.23. The number of halogens is 1. The van der Waals surface area contributed by atoms with Crippen LogP contribution in [0.15, 0.2) is 48.7 Å². The molecule has 1 heterocycles. The summed E-state index contributed by atoms with van der Waals surface area (Å²) in [5.41, 5.74) is 0.0964. The highest BCUT2D eigenvalue weighted by Gasteiger charge is 2.27. The number of carbonyl (C=O) groups is 2. The second-order valence-electron chi connectivity index (χ2n) is 4.14. The third-order valence-corrected chi connectivity index (χ3v) is 2.70. The van der Waals surface area contributed by atoms with Crippen molar-refractivity contribution in [3.05, 3.63) is 60.0 Å². The minimum atomic E-state index is -1.52. The van der Waals surface area contributed by atoms with Crippen LogP contribution in [0.2, 0.25) is 0 Å². The van der Waals surface area contributed by atoms with Crippen molar-refractivity contribution < 1.29 is 14.0 Å². The molecule has 0 spiro atoms. The normalized spacial score (nSPS) is 11.2. The third kappa shape index (κ3) is 3.48. The minimum absolute atomic E-state index is 0.0964. The van der Waals surface area contributed by atoms with E-state index < -0.39 is 23.4 Å². The molecule has 6 heteroatoms. The van der Waals surface area contributed by atoms with E-state index in [2.05, 4.69) is 10.3 Å². The smallest absolute Gasteiger partial charge is 0.250 e. The fourth-order valence-corrected chi connectivity index (χ4v) is 1.65. The van der Waals surface area contributed by atoms with Gasteiger partial charge in [-0.05, 0) is 36.4 Å². The number of pyridine rings is 1. The van der Waals surface area contributed by atoms with Gasteiger partial charge in [-0.1, -0.05) is 6.07 Å². The number of aromatic nitrogens is 1. The van der Waals surface area contributed by atoms with Gasteiger partial charge in [0.05, 0.1) is 6.07 Å². The highest BCUT2D eigenvalue weighted by atomic mass is 19.1. The van der Waals surface area contributed by atoms with Crippen molar-refractivity contribution in [2.45, 2.75) is 0 Å². The van der Waals surface area contributed by atoms with E-state index in [4.69, 9.17) is 5.26 Å². The lowest BCUT2D eigenvalue weighted by molar-refractivity contribution is -0.117. The Morgan fingerprint density at radius 1 is 1.19 bits per heavy atom. The number of rotatable bonds is 4. The fraction of sp³-hybridized carbons (Fsp3) is 0.0667. The maximum Gasteiger partial charge on any atom is 0.250 e. The van der Waals surface area contributed by atoms with E-state index in [0.29, 0.717) is 0 Å². The Kier molecular flexibility index (Phi) is 4.36. The first-order chi connectivity index (χ1) is 10.1. The molecular formula is C15H10FN3O2. The van der Waals surface area contributed by atoms with Gasteiger partial charge < -0.3 is 5.32 Å². The van der Waals surface area contributed by atoms with E-state index in [1.807, 2.05) is 0 Å².